The number of carbonyl (C=O) groups excluding carboxylic acids is 2. The number of nitrogens with zero attached hydrogens (tertiary/aromatic N) is 2. The van der Waals surface area contributed by atoms with Gasteiger partial charge in [-0.25, -0.2) is 12.8 Å². The number of carbonyl (C=O) groups is 2. The zero-order valence-corrected chi connectivity index (χ0v) is 21.8. The predicted molar refractivity (Wildman–Crippen MR) is 137 cm³/mol. The maximum absolute atomic E-state index is 13.7. The van der Waals surface area contributed by atoms with Crippen LogP contribution in [0, 0.1) is 5.82 Å². The Hall–Kier alpha value is -3.14. The highest BCUT2D eigenvalue weighted by Crippen LogP contribution is 2.23. The highest BCUT2D eigenvalue weighted by atomic mass is 32.2. The van der Waals surface area contributed by atoms with Gasteiger partial charge in [-0.3, -0.25) is 13.9 Å². The van der Waals surface area contributed by atoms with Crippen molar-refractivity contribution in [3.63, 3.8) is 0 Å². The van der Waals surface area contributed by atoms with Gasteiger partial charge in [0.05, 0.1) is 19.1 Å². The second-order valence-corrected chi connectivity index (χ2v) is 10.9. The van der Waals surface area contributed by atoms with Crippen LogP contribution in [-0.2, 0) is 26.2 Å². The van der Waals surface area contributed by atoms with E-state index in [4.69, 9.17) is 4.74 Å². The fourth-order valence-corrected chi connectivity index (χ4v) is 5.29. The number of rotatable bonds is 11. The summed E-state index contributed by atoms with van der Waals surface area (Å²) in [5, 5.41) is 3.05. The maximum atomic E-state index is 13.7. The van der Waals surface area contributed by atoms with Crippen molar-refractivity contribution in [1.29, 1.82) is 0 Å². The predicted octanol–water partition coefficient (Wildman–Crippen LogP) is 3.47. The summed E-state index contributed by atoms with van der Waals surface area (Å²) in [6, 6.07) is 11.3. The minimum atomic E-state index is -3.82. The molecule has 0 aromatic heterocycles. The zero-order chi connectivity index (χ0) is 26.3. The first-order chi connectivity index (χ1) is 17.1. The second kappa shape index (κ2) is 12.2. The summed E-state index contributed by atoms with van der Waals surface area (Å²) < 4.78 is 44.9. The molecule has 0 bridgehead atoms. The minimum absolute atomic E-state index is 0.0376. The standard InChI is InChI=1S/C26H34FN3O5S/c1-4-24(26(32)28-21-7-5-6-8-21)29(17-19-9-11-20(27)12-10-19)25(31)18-30(36(3,33)34)22-13-15-23(35-2)16-14-22/h9-16,21,24H,4-8,17-18H2,1-3H3,(H,28,32)/t24-/m0/s1. The van der Waals surface area contributed by atoms with Gasteiger partial charge in [0.1, 0.15) is 24.2 Å². The summed E-state index contributed by atoms with van der Waals surface area (Å²) in [6.45, 7) is 1.36. The Morgan fingerprint density at radius 3 is 2.22 bits per heavy atom. The molecule has 2 aromatic carbocycles. The van der Waals surface area contributed by atoms with Crippen molar-refractivity contribution in [2.45, 2.75) is 57.7 Å². The Bertz CT molecular complexity index is 1130. The molecule has 196 valence electrons. The van der Waals surface area contributed by atoms with E-state index in [2.05, 4.69) is 5.32 Å². The average Bonchev–Trinajstić information content (AvgIpc) is 3.36. The van der Waals surface area contributed by atoms with Crippen LogP contribution < -0.4 is 14.4 Å². The molecule has 1 saturated carbocycles. The van der Waals surface area contributed by atoms with Gasteiger partial charge in [0, 0.05) is 12.6 Å². The van der Waals surface area contributed by atoms with Crippen LogP contribution >= 0.6 is 0 Å². The van der Waals surface area contributed by atoms with Crippen LogP contribution in [0.1, 0.15) is 44.6 Å². The van der Waals surface area contributed by atoms with Gasteiger partial charge in [-0.15, -0.1) is 0 Å². The fraction of sp³-hybridized carbons (Fsp3) is 0.462. The Labute approximate surface area is 212 Å². The molecule has 36 heavy (non-hydrogen) atoms. The summed E-state index contributed by atoms with van der Waals surface area (Å²) in [6.07, 6.45) is 5.25. The van der Waals surface area contributed by atoms with E-state index in [1.165, 1.54) is 24.1 Å². The van der Waals surface area contributed by atoms with E-state index >= 15 is 0 Å². The monoisotopic (exact) mass is 519 g/mol. The topological polar surface area (TPSA) is 96.0 Å². The molecule has 1 aliphatic rings. The Morgan fingerprint density at radius 2 is 1.69 bits per heavy atom. The van der Waals surface area contributed by atoms with Crippen LogP contribution in [0.25, 0.3) is 0 Å². The number of hydrogen-bond acceptors (Lipinski definition) is 5. The van der Waals surface area contributed by atoms with Gasteiger partial charge in [0.2, 0.25) is 21.8 Å². The van der Waals surface area contributed by atoms with Crippen molar-refractivity contribution < 1.29 is 27.1 Å². The summed E-state index contributed by atoms with van der Waals surface area (Å²) >= 11 is 0. The molecule has 2 aromatic rings. The van der Waals surface area contributed by atoms with E-state index in [1.807, 2.05) is 6.92 Å². The lowest BCUT2D eigenvalue weighted by molar-refractivity contribution is -0.140. The van der Waals surface area contributed by atoms with Gasteiger partial charge in [-0.05, 0) is 61.2 Å². The van der Waals surface area contributed by atoms with E-state index < -0.39 is 34.3 Å². The van der Waals surface area contributed by atoms with Gasteiger partial charge in [0.15, 0.2) is 0 Å². The molecule has 1 atom stereocenters. The first-order valence-electron chi connectivity index (χ1n) is 12.1. The van der Waals surface area contributed by atoms with Crippen molar-refractivity contribution in [2.75, 3.05) is 24.2 Å². The van der Waals surface area contributed by atoms with E-state index in [1.54, 1.807) is 36.4 Å². The number of ether oxygens (including phenoxy) is 1. The Kier molecular flexibility index (Phi) is 9.31. The third-order valence-corrected chi connectivity index (χ3v) is 7.53. The summed E-state index contributed by atoms with van der Waals surface area (Å²) in [7, 11) is -2.32. The number of methoxy groups -OCH3 is 1. The van der Waals surface area contributed by atoms with Gasteiger partial charge in [-0.2, -0.15) is 0 Å². The molecule has 0 spiro atoms. The lowest BCUT2D eigenvalue weighted by Gasteiger charge is -2.33. The van der Waals surface area contributed by atoms with E-state index in [-0.39, 0.29) is 18.5 Å². The molecule has 2 amide bonds. The normalized spacial score (nSPS) is 14.8. The lowest BCUT2D eigenvalue weighted by Crippen LogP contribution is -2.53. The molecular formula is C26H34FN3O5S. The summed E-state index contributed by atoms with van der Waals surface area (Å²) in [5.74, 6) is -0.666. The van der Waals surface area contributed by atoms with Crippen LogP contribution in [0.5, 0.6) is 5.75 Å². The number of hydrogen-bond donors (Lipinski definition) is 1. The first-order valence-corrected chi connectivity index (χ1v) is 13.9. The van der Waals surface area contributed by atoms with Crippen LogP contribution in [0.2, 0.25) is 0 Å². The first kappa shape index (κ1) is 27.4. The maximum Gasteiger partial charge on any atom is 0.244 e. The molecule has 0 heterocycles. The van der Waals surface area contributed by atoms with Crippen LogP contribution in [-0.4, -0.2) is 57.1 Å². The number of benzene rings is 2. The van der Waals surface area contributed by atoms with Gasteiger partial charge >= 0.3 is 0 Å². The molecule has 0 aliphatic heterocycles. The highest BCUT2D eigenvalue weighted by Gasteiger charge is 2.33. The molecular weight excluding hydrogens is 485 g/mol. The van der Waals surface area contributed by atoms with Gasteiger partial charge in [0.25, 0.3) is 0 Å². The molecule has 1 N–H and O–H groups in total. The highest BCUT2D eigenvalue weighted by molar-refractivity contribution is 7.92. The quantitative estimate of drug-likeness (QED) is 0.491. The number of halogens is 1. The summed E-state index contributed by atoms with van der Waals surface area (Å²) in [5.41, 5.74) is 0.934. The zero-order valence-electron chi connectivity index (χ0n) is 20.9. The Balaban J connectivity index is 1.90. The fourth-order valence-electron chi connectivity index (χ4n) is 4.44. The van der Waals surface area contributed by atoms with E-state index in [0.717, 1.165) is 36.2 Å². The molecule has 0 saturated heterocycles. The lowest BCUT2D eigenvalue weighted by atomic mass is 10.1. The van der Waals surface area contributed by atoms with Crippen molar-refractivity contribution in [3.05, 3.63) is 59.9 Å². The van der Waals surface area contributed by atoms with Crippen molar-refractivity contribution >= 4 is 27.5 Å². The number of sulfonamides is 1. The van der Waals surface area contributed by atoms with Gasteiger partial charge < -0.3 is 15.0 Å². The van der Waals surface area contributed by atoms with Gasteiger partial charge in [-0.1, -0.05) is 31.9 Å². The molecule has 1 aliphatic carbocycles. The Morgan fingerprint density at radius 1 is 1.08 bits per heavy atom. The molecule has 10 heteroatoms. The van der Waals surface area contributed by atoms with Crippen molar-refractivity contribution in [2.24, 2.45) is 0 Å². The molecule has 1 fully saturated rings. The third kappa shape index (κ3) is 7.19. The smallest absolute Gasteiger partial charge is 0.244 e. The molecule has 0 radical (unpaired) electrons. The average molecular weight is 520 g/mol. The van der Waals surface area contributed by atoms with Crippen LogP contribution in [0.15, 0.2) is 48.5 Å². The second-order valence-electron chi connectivity index (χ2n) is 9.03. The molecule has 0 unspecified atom stereocenters. The number of anilines is 1. The SMILES string of the molecule is CC[C@@H](C(=O)NC1CCCC1)N(Cc1ccc(F)cc1)C(=O)CN(c1ccc(OC)cc1)S(C)(=O)=O. The minimum Gasteiger partial charge on any atom is -0.497 e. The number of nitrogens with one attached hydrogen (secondary N) is 1. The van der Waals surface area contributed by atoms with E-state index in [9.17, 15) is 22.4 Å². The van der Waals surface area contributed by atoms with Crippen LogP contribution in [0.4, 0.5) is 10.1 Å². The van der Waals surface area contributed by atoms with Crippen LogP contribution in [0.3, 0.4) is 0 Å². The number of amides is 2. The molecule has 8 nitrogen and oxygen atoms in total. The molecule has 3 rings (SSSR count). The summed E-state index contributed by atoms with van der Waals surface area (Å²) in [4.78, 5) is 28.3. The van der Waals surface area contributed by atoms with Crippen molar-refractivity contribution in [3.8, 4) is 5.75 Å². The van der Waals surface area contributed by atoms with E-state index in [0.29, 0.717) is 23.4 Å². The van der Waals surface area contributed by atoms with Crippen molar-refractivity contribution in [1.82, 2.24) is 10.2 Å². The largest absolute Gasteiger partial charge is 0.497 e. The third-order valence-electron chi connectivity index (χ3n) is 6.39.